The lowest BCUT2D eigenvalue weighted by molar-refractivity contribution is 0.102. The smallest absolute Gasteiger partial charge is 0.258 e. The van der Waals surface area contributed by atoms with Gasteiger partial charge in [-0.25, -0.2) is 0 Å². The number of hydrogen-bond donors (Lipinski definition) is 2. The molecule has 1 aromatic heterocycles. The fourth-order valence-electron chi connectivity index (χ4n) is 1.47. The number of aromatic amines is 1. The van der Waals surface area contributed by atoms with E-state index in [0.29, 0.717) is 10.2 Å². The number of anilines is 1. The topological polar surface area (TPSA) is 44.9 Å². The van der Waals surface area contributed by atoms with Crippen LogP contribution in [0.25, 0.3) is 0 Å². The Bertz CT molecular complexity index is 651. The van der Waals surface area contributed by atoms with Gasteiger partial charge in [-0.15, -0.1) is 0 Å². The SMILES string of the molecule is Cc1ccc(NC(=O)c2ccc[nH]c2=S)cc1I. The van der Waals surface area contributed by atoms with Crippen LogP contribution in [0.5, 0.6) is 0 Å². The van der Waals surface area contributed by atoms with E-state index in [0.717, 1.165) is 9.26 Å². The van der Waals surface area contributed by atoms with E-state index in [1.54, 1.807) is 18.3 Å². The second-order valence-electron chi connectivity index (χ2n) is 3.83. The molecule has 1 aromatic carbocycles. The van der Waals surface area contributed by atoms with Gasteiger partial charge in [-0.05, 0) is 59.3 Å². The van der Waals surface area contributed by atoms with E-state index in [2.05, 4.69) is 32.9 Å². The highest BCUT2D eigenvalue weighted by Crippen LogP contribution is 2.17. The van der Waals surface area contributed by atoms with Crippen LogP contribution in [-0.4, -0.2) is 10.9 Å². The number of halogens is 1. The van der Waals surface area contributed by atoms with Gasteiger partial charge in [0.05, 0.1) is 5.56 Å². The molecule has 3 nitrogen and oxygen atoms in total. The third kappa shape index (κ3) is 2.97. The van der Waals surface area contributed by atoms with Gasteiger partial charge in [-0.2, -0.15) is 0 Å². The molecule has 0 fully saturated rings. The summed E-state index contributed by atoms with van der Waals surface area (Å²) >= 11 is 7.31. The van der Waals surface area contributed by atoms with E-state index in [4.69, 9.17) is 12.2 Å². The summed E-state index contributed by atoms with van der Waals surface area (Å²) in [6.07, 6.45) is 1.70. The zero-order valence-corrected chi connectivity index (χ0v) is 12.6. The summed E-state index contributed by atoms with van der Waals surface area (Å²) in [6.45, 7) is 2.03. The second kappa shape index (κ2) is 5.62. The van der Waals surface area contributed by atoms with Crippen molar-refractivity contribution in [3.05, 3.63) is 55.9 Å². The first-order valence-corrected chi connectivity index (χ1v) is 6.82. The highest BCUT2D eigenvalue weighted by molar-refractivity contribution is 14.1. The lowest BCUT2D eigenvalue weighted by Crippen LogP contribution is -2.13. The number of amides is 1. The summed E-state index contributed by atoms with van der Waals surface area (Å²) < 4.78 is 1.56. The molecule has 0 spiro atoms. The van der Waals surface area contributed by atoms with Gasteiger partial charge in [0.1, 0.15) is 4.64 Å². The van der Waals surface area contributed by atoms with Crippen molar-refractivity contribution in [2.45, 2.75) is 6.92 Å². The molecule has 5 heteroatoms. The molecule has 2 rings (SSSR count). The molecule has 0 aliphatic carbocycles. The molecule has 2 aromatic rings. The Morgan fingerprint density at radius 2 is 2.17 bits per heavy atom. The number of nitrogens with one attached hydrogen (secondary N) is 2. The van der Waals surface area contributed by atoms with Crippen molar-refractivity contribution < 1.29 is 4.79 Å². The third-order valence-corrected chi connectivity index (χ3v) is 3.99. The number of carbonyl (C=O) groups is 1. The molecule has 0 atom stereocenters. The predicted octanol–water partition coefficient (Wildman–Crippen LogP) is 3.91. The number of aryl methyl sites for hydroxylation is 1. The van der Waals surface area contributed by atoms with Crippen molar-refractivity contribution in [1.82, 2.24) is 4.98 Å². The molecule has 92 valence electrons. The summed E-state index contributed by atoms with van der Waals surface area (Å²) in [5.74, 6) is -0.198. The maximum atomic E-state index is 12.0. The number of benzene rings is 1. The van der Waals surface area contributed by atoms with Crippen LogP contribution in [0, 0.1) is 15.1 Å². The minimum atomic E-state index is -0.198. The maximum absolute atomic E-state index is 12.0. The average Bonchev–Trinajstić information content (AvgIpc) is 2.34. The summed E-state index contributed by atoms with van der Waals surface area (Å²) in [7, 11) is 0. The first-order valence-electron chi connectivity index (χ1n) is 5.33. The molecule has 0 aliphatic rings. The van der Waals surface area contributed by atoms with Crippen molar-refractivity contribution in [2.75, 3.05) is 5.32 Å². The summed E-state index contributed by atoms with van der Waals surface area (Å²) in [4.78, 5) is 14.9. The molecule has 2 N–H and O–H groups in total. The number of H-pyrrole nitrogens is 1. The molecule has 0 bridgehead atoms. The lowest BCUT2D eigenvalue weighted by atomic mass is 10.2. The fourth-order valence-corrected chi connectivity index (χ4v) is 2.21. The van der Waals surface area contributed by atoms with E-state index in [9.17, 15) is 4.79 Å². The maximum Gasteiger partial charge on any atom is 0.258 e. The minimum absolute atomic E-state index is 0.198. The van der Waals surface area contributed by atoms with Gasteiger partial charge >= 0.3 is 0 Å². The standard InChI is InChI=1S/C13H11IN2OS/c1-8-4-5-9(7-11(8)14)16-12(17)10-3-2-6-15-13(10)18/h2-7H,1H3,(H,15,18)(H,16,17). The Morgan fingerprint density at radius 1 is 1.39 bits per heavy atom. The van der Waals surface area contributed by atoms with Gasteiger partial charge in [0.2, 0.25) is 0 Å². The summed E-state index contributed by atoms with van der Waals surface area (Å²) in [5, 5.41) is 2.84. The van der Waals surface area contributed by atoms with E-state index in [1.165, 1.54) is 5.56 Å². The summed E-state index contributed by atoms with van der Waals surface area (Å²) in [5.41, 5.74) is 2.43. The Morgan fingerprint density at radius 3 is 2.83 bits per heavy atom. The van der Waals surface area contributed by atoms with Gasteiger partial charge in [-0.3, -0.25) is 4.79 Å². The van der Waals surface area contributed by atoms with Crippen molar-refractivity contribution >= 4 is 46.4 Å². The predicted molar refractivity (Wildman–Crippen MR) is 83.5 cm³/mol. The number of hydrogen-bond acceptors (Lipinski definition) is 2. The second-order valence-corrected chi connectivity index (χ2v) is 5.40. The molecule has 18 heavy (non-hydrogen) atoms. The van der Waals surface area contributed by atoms with Gasteiger partial charge in [0.25, 0.3) is 5.91 Å². The normalized spacial score (nSPS) is 10.1. The molecule has 0 radical (unpaired) electrons. The molecule has 0 saturated carbocycles. The Hall–Kier alpha value is -1.21. The number of rotatable bonds is 2. The highest BCUT2D eigenvalue weighted by Gasteiger charge is 2.08. The van der Waals surface area contributed by atoms with Crippen LogP contribution < -0.4 is 5.32 Å². The van der Waals surface area contributed by atoms with E-state index >= 15 is 0 Å². The van der Waals surface area contributed by atoms with Crippen LogP contribution in [0.15, 0.2) is 36.5 Å². The highest BCUT2D eigenvalue weighted by atomic mass is 127. The number of carbonyl (C=O) groups excluding carboxylic acids is 1. The molecule has 1 amide bonds. The first-order chi connectivity index (χ1) is 8.58. The quantitative estimate of drug-likeness (QED) is 0.622. The summed E-state index contributed by atoms with van der Waals surface area (Å²) in [6, 6.07) is 9.24. The molecule has 0 saturated heterocycles. The van der Waals surface area contributed by atoms with Crippen LogP contribution in [0.3, 0.4) is 0 Å². The molecule has 1 heterocycles. The van der Waals surface area contributed by atoms with Gasteiger partial charge in [0.15, 0.2) is 0 Å². The molecular formula is C13H11IN2OS. The monoisotopic (exact) mass is 370 g/mol. The largest absolute Gasteiger partial charge is 0.352 e. The van der Waals surface area contributed by atoms with Crippen LogP contribution >= 0.6 is 34.8 Å². The lowest BCUT2D eigenvalue weighted by Gasteiger charge is -2.07. The zero-order chi connectivity index (χ0) is 13.1. The Balaban J connectivity index is 2.24. The van der Waals surface area contributed by atoms with Crippen molar-refractivity contribution in [3.8, 4) is 0 Å². The van der Waals surface area contributed by atoms with Crippen molar-refractivity contribution in [3.63, 3.8) is 0 Å². The van der Waals surface area contributed by atoms with Crippen molar-refractivity contribution in [2.24, 2.45) is 0 Å². The van der Waals surface area contributed by atoms with E-state index in [1.807, 2.05) is 25.1 Å². The van der Waals surface area contributed by atoms with Gasteiger partial charge < -0.3 is 10.3 Å². The Kier molecular flexibility index (Phi) is 4.13. The molecular weight excluding hydrogens is 359 g/mol. The van der Waals surface area contributed by atoms with E-state index in [-0.39, 0.29) is 5.91 Å². The van der Waals surface area contributed by atoms with E-state index < -0.39 is 0 Å². The van der Waals surface area contributed by atoms with Gasteiger partial charge in [-0.1, -0.05) is 18.3 Å². The molecule has 0 unspecified atom stereocenters. The number of aromatic nitrogens is 1. The van der Waals surface area contributed by atoms with Crippen LogP contribution in [0.4, 0.5) is 5.69 Å². The van der Waals surface area contributed by atoms with Crippen LogP contribution in [0.1, 0.15) is 15.9 Å². The third-order valence-electron chi connectivity index (χ3n) is 2.49. The minimum Gasteiger partial charge on any atom is -0.352 e. The first kappa shape index (κ1) is 13.2. The number of pyridine rings is 1. The van der Waals surface area contributed by atoms with Crippen LogP contribution in [0.2, 0.25) is 0 Å². The van der Waals surface area contributed by atoms with Gasteiger partial charge in [0, 0.05) is 15.5 Å². The van der Waals surface area contributed by atoms with Crippen LogP contribution in [-0.2, 0) is 0 Å². The fraction of sp³-hybridized carbons (Fsp3) is 0.0769. The molecule has 0 aliphatic heterocycles. The van der Waals surface area contributed by atoms with Crippen molar-refractivity contribution in [1.29, 1.82) is 0 Å². The Labute approximate surface area is 124 Å². The average molecular weight is 370 g/mol. The zero-order valence-electron chi connectivity index (χ0n) is 9.66.